The van der Waals surface area contributed by atoms with Gasteiger partial charge in [-0.1, -0.05) is 178 Å². The number of phosphoric ester groups is 1. The van der Waals surface area contributed by atoms with Crippen LogP contribution in [0.5, 0.6) is 0 Å². The number of likely N-dealkylation sites (N-methyl/N-ethyl adjacent to an activating group) is 1. The van der Waals surface area contributed by atoms with E-state index in [1.165, 1.54) is 122 Å². The predicted molar refractivity (Wildman–Crippen MR) is 226 cm³/mol. The molecule has 0 radical (unpaired) electrons. The number of aliphatic hydroxyl groups is 1. The SMILES string of the molecule is C/C=C/CC/C=C/CC/C=C/C(O)C(COP(=O)(O)OCC[N+](C)(C)C)NC(=O)CCCCCCCCCCCCCCCCCCCCCCCC. The molecule has 0 aromatic rings. The summed E-state index contributed by atoms with van der Waals surface area (Å²) >= 11 is 0. The van der Waals surface area contributed by atoms with Crippen molar-refractivity contribution < 1.29 is 32.9 Å². The molecule has 1 amide bonds. The maximum absolute atomic E-state index is 12.8. The molecule has 0 aromatic heterocycles. The van der Waals surface area contributed by atoms with Crippen LogP contribution in [0.4, 0.5) is 0 Å². The molecule has 0 saturated carbocycles. The number of unbranched alkanes of at least 4 members (excludes halogenated alkanes) is 23. The number of phosphoric acid groups is 1. The highest BCUT2D eigenvalue weighted by atomic mass is 31.2. The van der Waals surface area contributed by atoms with Crippen molar-refractivity contribution in [3.8, 4) is 0 Å². The summed E-state index contributed by atoms with van der Waals surface area (Å²) in [6.45, 7) is 4.55. The van der Waals surface area contributed by atoms with Gasteiger partial charge in [0.15, 0.2) is 0 Å². The number of rotatable bonds is 39. The molecule has 8 nitrogen and oxygen atoms in total. The first-order valence-corrected chi connectivity index (χ1v) is 23.3. The fraction of sp³-hybridized carbons (Fsp3) is 0.841. The van der Waals surface area contributed by atoms with Gasteiger partial charge in [0.25, 0.3) is 0 Å². The Hall–Kier alpha value is -1.28. The Morgan fingerprint density at radius 3 is 1.51 bits per heavy atom. The van der Waals surface area contributed by atoms with Crippen LogP contribution in [0.1, 0.15) is 187 Å². The third-order valence-electron chi connectivity index (χ3n) is 9.69. The van der Waals surface area contributed by atoms with Gasteiger partial charge in [0.2, 0.25) is 5.91 Å². The molecule has 0 aromatic carbocycles. The average Bonchev–Trinajstić information content (AvgIpc) is 3.10. The maximum atomic E-state index is 12.8. The number of nitrogens with zero attached hydrogens (tertiary/aromatic N) is 1. The second-order valence-electron chi connectivity index (χ2n) is 16.1. The molecule has 3 N–H and O–H groups in total. The fourth-order valence-electron chi connectivity index (χ4n) is 6.20. The molecule has 9 heteroatoms. The molecule has 0 fully saturated rings. The molecule has 0 spiro atoms. The van der Waals surface area contributed by atoms with Gasteiger partial charge in [0, 0.05) is 6.42 Å². The van der Waals surface area contributed by atoms with Gasteiger partial charge in [0.1, 0.15) is 13.2 Å². The van der Waals surface area contributed by atoms with Gasteiger partial charge >= 0.3 is 7.82 Å². The van der Waals surface area contributed by atoms with E-state index in [1.807, 2.05) is 40.2 Å². The number of amides is 1. The number of allylic oxidation sites excluding steroid dienone is 5. The van der Waals surface area contributed by atoms with Crippen LogP contribution in [0.15, 0.2) is 36.5 Å². The van der Waals surface area contributed by atoms with Crippen molar-refractivity contribution in [3.63, 3.8) is 0 Å². The van der Waals surface area contributed by atoms with Crippen LogP contribution in [0.25, 0.3) is 0 Å². The number of carbonyl (C=O) groups excluding carboxylic acids is 1. The van der Waals surface area contributed by atoms with E-state index in [1.54, 1.807) is 6.08 Å². The third kappa shape index (κ3) is 38.8. The number of aliphatic hydroxyl groups excluding tert-OH is 1. The highest BCUT2D eigenvalue weighted by Gasteiger charge is 2.27. The quantitative estimate of drug-likeness (QED) is 0.0249. The lowest BCUT2D eigenvalue weighted by atomic mass is 10.0. The molecule has 0 bridgehead atoms. The maximum Gasteiger partial charge on any atom is 0.472 e. The Bertz CT molecular complexity index is 964. The molecule has 53 heavy (non-hydrogen) atoms. The van der Waals surface area contributed by atoms with E-state index in [9.17, 15) is 19.4 Å². The topological polar surface area (TPSA) is 105 Å². The lowest BCUT2D eigenvalue weighted by Gasteiger charge is -2.25. The highest BCUT2D eigenvalue weighted by molar-refractivity contribution is 7.47. The average molecular weight is 770 g/mol. The van der Waals surface area contributed by atoms with E-state index in [2.05, 4.69) is 30.5 Å². The molecule has 3 atom stereocenters. The summed E-state index contributed by atoms with van der Waals surface area (Å²) < 4.78 is 23.4. The van der Waals surface area contributed by atoms with Crippen molar-refractivity contribution in [2.75, 3.05) is 40.9 Å². The zero-order valence-corrected chi connectivity index (χ0v) is 36.1. The van der Waals surface area contributed by atoms with Gasteiger partial charge in [-0.25, -0.2) is 4.57 Å². The Morgan fingerprint density at radius 1 is 0.660 bits per heavy atom. The summed E-state index contributed by atoms with van der Waals surface area (Å²) in [5, 5.41) is 13.7. The smallest absolute Gasteiger partial charge is 0.387 e. The minimum atomic E-state index is -4.34. The number of nitrogens with one attached hydrogen (secondary N) is 1. The molecule has 3 unspecified atom stereocenters. The second kappa shape index (κ2) is 36.4. The van der Waals surface area contributed by atoms with Crippen molar-refractivity contribution in [2.45, 2.75) is 199 Å². The first-order chi connectivity index (χ1) is 25.5. The molecular weight excluding hydrogens is 683 g/mol. The molecule has 0 rings (SSSR count). The summed E-state index contributed by atoms with van der Waals surface area (Å²) in [6, 6.07) is -0.864. The Kier molecular flexibility index (Phi) is 35.5. The Morgan fingerprint density at radius 2 is 1.08 bits per heavy atom. The lowest BCUT2D eigenvalue weighted by Crippen LogP contribution is -2.45. The van der Waals surface area contributed by atoms with Crippen LogP contribution in [-0.4, -0.2) is 73.4 Å². The van der Waals surface area contributed by atoms with Crippen molar-refractivity contribution in [1.29, 1.82) is 0 Å². The van der Waals surface area contributed by atoms with Crippen molar-refractivity contribution >= 4 is 13.7 Å². The van der Waals surface area contributed by atoms with E-state index >= 15 is 0 Å². The van der Waals surface area contributed by atoms with Gasteiger partial charge in [0.05, 0.1) is 39.9 Å². The van der Waals surface area contributed by atoms with Gasteiger partial charge in [-0.2, -0.15) is 0 Å². The first kappa shape index (κ1) is 51.7. The molecule has 0 aliphatic carbocycles. The molecule has 0 saturated heterocycles. The van der Waals surface area contributed by atoms with Crippen molar-refractivity contribution in [1.82, 2.24) is 5.32 Å². The van der Waals surface area contributed by atoms with Crippen LogP contribution in [-0.2, 0) is 18.4 Å². The Labute approximate surface area is 327 Å². The summed E-state index contributed by atoms with van der Waals surface area (Å²) in [4.78, 5) is 23.0. The van der Waals surface area contributed by atoms with Crippen LogP contribution in [0.2, 0.25) is 0 Å². The number of hydrogen-bond donors (Lipinski definition) is 3. The summed E-state index contributed by atoms with van der Waals surface area (Å²) in [5.74, 6) is -0.193. The summed E-state index contributed by atoms with van der Waals surface area (Å²) in [5.41, 5.74) is 0. The van der Waals surface area contributed by atoms with Crippen LogP contribution in [0, 0.1) is 0 Å². The summed E-state index contributed by atoms with van der Waals surface area (Å²) in [7, 11) is 1.54. The summed E-state index contributed by atoms with van der Waals surface area (Å²) in [6.07, 6.45) is 43.9. The predicted octanol–water partition coefficient (Wildman–Crippen LogP) is 11.9. The number of carbonyl (C=O) groups is 1. The standard InChI is InChI=1S/C44H85N2O6P/c1-6-8-10-12-14-16-17-18-19-20-21-22-23-24-25-26-27-28-30-32-34-36-38-44(48)45-42(41-52-53(49,50)51-40-39-46(3,4)5)43(47)37-35-33-31-29-15-13-11-9-7-2/h7,9,15,29,35,37,42-43,47H,6,8,10-14,16-28,30-34,36,38-41H2,1-5H3,(H-,45,48,49,50)/p+1/b9-7+,29-15+,37-35+. The van der Waals surface area contributed by atoms with Crippen LogP contribution >= 0.6 is 7.82 Å². The molecule has 0 aliphatic heterocycles. The van der Waals surface area contributed by atoms with E-state index in [0.717, 1.165) is 44.9 Å². The van der Waals surface area contributed by atoms with Crippen molar-refractivity contribution in [3.05, 3.63) is 36.5 Å². The lowest BCUT2D eigenvalue weighted by molar-refractivity contribution is -0.870. The van der Waals surface area contributed by atoms with Gasteiger partial charge < -0.3 is 19.8 Å². The van der Waals surface area contributed by atoms with Gasteiger partial charge in [-0.3, -0.25) is 13.8 Å². The largest absolute Gasteiger partial charge is 0.472 e. The molecule has 0 heterocycles. The van der Waals surface area contributed by atoms with Crippen LogP contribution in [0.3, 0.4) is 0 Å². The van der Waals surface area contributed by atoms with E-state index in [-0.39, 0.29) is 19.1 Å². The third-order valence-corrected chi connectivity index (χ3v) is 10.7. The molecule has 0 aliphatic rings. The monoisotopic (exact) mass is 770 g/mol. The number of hydrogen-bond acceptors (Lipinski definition) is 5. The Balaban J connectivity index is 4.22. The first-order valence-electron chi connectivity index (χ1n) is 21.8. The second-order valence-corrected chi connectivity index (χ2v) is 17.5. The molecular formula is C44H86N2O6P+. The zero-order valence-electron chi connectivity index (χ0n) is 35.3. The molecule has 312 valence electrons. The normalized spacial score (nSPS) is 14.8. The van der Waals surface area contributed by atoms with E-state index in [4.69, 9.17) is 9.05 Å². The minimum Gasteiger partial charge on any atom is -0.387 e. The van der Waals surface area contributed by atoms with Crippen molar-refractivity contribution in [2.24, 2.45) is 0 Å². The van der Waals surface area contributed by atoms with Gasteiger partial charge in [-0.05, 0) is 39.0 Å². The highest BCUT2D eigenvalue weighted by Crippen LogP contribution is 2.43. The zero-order chi connectivity index (χ0) is 39.3. The number of quaternary nitrogens is 1. The fourth-order valence-corrected chi connectivity index (χ4v) is 6.93. The van der Waals surface area contributed by atoms with Gasteiger partial charge in [-0.15, -0.1) is 0 Å². The van der Waals surface area contributed by atoms with Crippen LogP contribution < -0.4 is 5.32 Å². The van der Waals surface area contributed by atoms with E-state index in [0.29, 0.717) is 17.4 Å². The van der Waals surface area contributed by atoms with E-state index < -0.39 is 20.0 Å². The minimum absolute atomic E-state index is 0.0541.